The summed E-state index contributed by atoms with van der Waals surface area (Å²) in [6.45, 7) is 10.6. The summed E-state index contributed by atoms with van der Waals surface area (Å²) in [5.74, 6) is -0.996. The van der Waals surface area contributed by atoms with Gasteiger partial charge in [0.2, 0.25) is 0 Å². The molecule has 0 aliphatic carbocycles. The lowest BCUT2D eigenvalue weighted by molar-refractivity contribution is 0.0693. The van der Waals surface area contributed by atoms with Crippen molar-refractivity contribution in [2.75, 3.05) is 6.61 Å². The van der Waals surface area contributed by atoms with Gasteiger partial charge in [-0.3, -0.25) is 0 Å². The van der Waals surface area contributed by atoms with E-state index in [0.717, 1.165) is 12.8 Å². The largest absolute Gasteiger partial charge is 0.507 e. The molecule has 4 heteroatoms. The Labute approximate surface area is 139 Å². The molecule has 0 amide bonds. The predicted octanol–water partition coefficient (Wildman–Crippen LogP) is 5.19. The van der Waals surface area contributed by atoms with Crippen LogP contribution in [-0.4, -0.2) is 22.8 Å². The van der Waals surface area contributed by atoms with E-state index >= 15 is 0 Å². The van der Waals surface area contributed by atoms with Crippen molar-refractivity contribution >= 4 is 5.97 Å². The maximum absolute atomic E-state index is 10.8. The lowest BCUT2D eigenvalue weighted by atomic mass is 10.1. The zero-order valence-corrected chi connectivity index (χ0v) is 14.7. The van der Waals surface area contributed by atoms with Gasteiger partial charge in [-0.25, -0.2) is 4.79 Å². The number of aromatic carboxylic acids is 1. The second-order valence-corrected chi connectivity index (χ2v) is 5.17. The van der Waals surface area contributed by atoms with Crippen LogP contribution >= 0.6 is 0 Å². The molecule has 0 aliphatic heterocycles. The van der Waals surface area contributed by atoms with E-state index in [2.05, 4.69) is 19.9 Å². The SMILES string of the molecule is CC.CC(C)=CCC/C(C)=C/COc1ccc(C(=O)O)c(O)c1. The lowest BCUT2D eigenvalue weighted by Crippen LogP contribution is -1.99. The monoisotopic (exact) mass is 320 g/mol. The highest BCUT2D eigenvalue weighted by Gasteiger charge is 2.09. The van der Waals surface area contributed by atoms with Crippen LogP contribution in [0, 0.1) is 0 Å². The van der Waals surface area contributed by atoms with E-state index in [0.29, 0.717) is 12.4 Å². The average molecular weight is 320 g/mol. The van der Waals surface area contributed by atoms with E-state index in [1.165, 1.54) is 29.3 Å². The summed E-state index contributed by atoms with van der Waals surface area (Å²) < 4.78 is 5.47. The Morgan fingerprint density at radius 1 is 1.17 bits per heavy atom. The minimum atomic E-state index is -1.16. The maximum Gasteiger partial charge on any atom is 0.339 e. The van der Waals surface area contributed by atoms with Gasteiger partial charge in [-0.05, 0) is 51.8 Å². The van der Waals surface area contributed by atoms with Crippen LogP contribution in [0.3, 0.4) is 0 Å². The molecule has 1 rings (SSSR count). The molecule has 1 aromatic rings. The van der Waals surface area contributed by atoms with Crippen molar-refractivity contribution in [3.05, 3.63) is 47.1 Å². The summed E-state index contributed by atoms with van der Waals surface area (Å²) in [5, 5.41) is 18.4. The predicted molar refractivity (Wildman–Crippen MR) is 94.3 cm³/mol. The molecular weight excluding hydrogens is 292 g/mol. The van der Waals surface area contributed by atoms with Crippen LogP contribution in [0.5, 0.6) is 11.5 Å². The molecule has 0 heterocycles. The fourth-order valence-electron chi connectivity index (χ4n) is 1.75. The molecule has 0 fully saturated rings. The number of aromatic hydroxyl groups is 1. The number of benzene rings is 1. The Hall–Kier alpha value is -2.23. The van der Waals surface area contributed by atoms with Gasteiger partial charge in [-0.1, -0.05) is 31.1 Å². The van der Waals surface area contributed by atoms with Crippen molar-refractivity contribution in [1.82, 2.24) is 0 Å². The highest BCUT2D eigenvalue weighted by Crippen LogP contribution is 2.23. The second-order valence-electron chi connectivity index (χ2n) is 5.17. The van der Waals surface area contributed by atoms with Crippen LogP contribution in [0.1, 0.15) is 57.8 Å². The summed E-state index contributed by atoms with van der Waals surface area (Å²) >= 11 is 0. The standard InChI is InChI=1S/C17H22O4.C2H6/c1-12(2)5-4-6-13(3)9-10-21-14-7-8-15(17(19)20)16(18)11-14;1-2/h5,7-9,11,18H,4,6,10H2,1-3H3,(H,19,20);1-2H3/b13-9+;. The number of carbonyl (C=O) groups is 1. The minimum absolute atomic E-state index is 0.129. The van der Waals surface area contributed by atoms with Crippen molar-refractivity contribution in [1.29, 1.82) is 0 Å². The van der Waals surface area contributed by atoms with E-state index in [4.69, 9.17) is 9.84 Å². The summed E-state index contributed by atoms with van der Waals surface area (Å²) in [4.78, 5) is 10.8. The molecule has 0 aromatic heterocycles. The van der Waals surface area contributed by atoms with Crippen LogP contribution in [0.2, 0.25) is 0 Å². The van der Waals surface area contributed by atoms with Gasteiger partial charge < -0.3 is 14.9 Å². The van der Waals surface area contributed by atoms with Gasteiger partial charge in [0, 0.05) is 6.07 Å². The molecule has 2 N–H and O–H groups in total. The molecule has 0 saturated heterocycles. The smallest absolute Gasteiger partial charge is 0.339 e. The lowest BCUT2D eigenvalue weighted by Gasteiger charge is -2.06. The Kier molecular flexibility index (Phi) is 10.3. The number of carboxylic acid groups (broad SMARTS) is 1. The molecule has 128 valence electrons. The van der Waals surface area contributed by atoms with Gasteiger partial charge in [-0.2, -0.15) is 0 Å². The molecule has 23 heavy (non-hydrogen) atoms. The topological polar surface area (TPSA) is 66.8 Å². The number of hydrogen-bond donors (Lipinski definition) is 2. The van der Waals surface area contributed by atoms with E-state index in [1.54, 1.807) is 0 Å². The summed E-state index contributed by atoms with van der Waals surface area (Å²) in [5.41, 5.74) is 2.42. The number of allylic oxidation sites excluding steroid dienone is 3. The quantitative estimate of drug-likeness (QED) is 0.679. The molecule has 0 atom stereocenters. The first-order valence-corrected chi connectivity index (χ1v) is 7.88. The number of hydrogen-bond acceptors (Lipinski definition) is 3. The van der Waals surface area contributed by atoms with E-state index in [1.807, 2.05) is 26.8 Å². The Morgan fingerprint density at radius 2 is 1.83 bits per heavy atom. The molecule has 0 unspecified atom stereocenters. The molecule has 0 spiro atoms. The number of ether oxygens (including phenoxy) is 1. The zero-order valence-electron chi connectivity index (χ0n) is 14.7. The summed E-state index contributed by atoms with van der Waals surface area (Å²) in [7, 11) is 0. The molecule has 4 nitrogen and oxygen atoms in total. The van der Waals surface area contributed by atoms with Crippen molar-refractivity contribution < 1.29 is 19.7 Å². The number of rotatable bonds is 7. The molecule has 0 radical (unpaired) electrons. The normalized spacial score (nSPS) is 10.4. The van der Waals surface area contributed by atoms with Gasteiger partial charge in [-0.15, -0.1) is 0 Å². The van der Waals surface area contributed by atoms with Crippen molar-refractivity contribution in [2.45, 2.75) is 47.5 Å². The molecule has 0 aliphatic rings. The zero-order chi connectivity index (χ0) is 17.8. The first-order valence-electron chi connectivity index (χ1n) is 7.88. The minimum Gasteiger partial charge on any atom is -0.507 e. The third kappa shape index (κ3) is 8.71. The van der Waals surface area contributed by atoms with Crippen molar-refractivity contribution in [3.63, 3.8) is 0 Å². The molecule has 1 aromatic carbocycles. The van der Waals surface area contributed by atoms with Gasteiger partial charge in [0.25, 0.3) is 0 Å². The van der Waals surface area contributed by atoms with E-state index < -0.39 is 5.97 Å². The molecule has 0 bridgehead atoms. The Bertz CT molecular complexity index is 552. The van der Waals surface area contributed by atoms with Gasteiger partial charge in [0.15, 0.2) is 0 Å². The van der Waals surface area contributed by atoms with E-state index in [-0.39, 0.29) is 11.3 Å². The average Bonchev–Trinajstić information content (AvgIpc) is 2.48. The third-order valence-corrected chi connectivity index (χ3v) is 2.97. The van der Waals surface area contributed by atoms with Crippen LogP contribution < -0.4 is 4.74 Å². The second kappa shape index (κ2) is 11.4. The van der Waals surface area contributed by atoms with E-state index in [9.17, 15) is 9.90 Å². The third-order valence-electron chi connectivity index (χ3n) is 2.97. The number of carboxylic acids is 1. The summed E-state index contributed by atoms with van der Waals surface area (Å²) in [6, 6.07) is 4.18. The van der Waals surface area contributed by atoms with Gasteiger partial charge in [0.05, 0.1) is 0 Å². The van der Waals surface area contributed by atoms with Crippen LogP contribution in [0.4, 0.5) is 0 Å². The summed E-state index contributed by atoms with van der Waals surface area (Å²) in [6.07, 6.45) is 6.18. The van der Waals surface area contributed by atoms with Crippen molar-refractivity contribution in [3.8, 4) is 11.5 Å². The van der Waals surface area contributed by atoms with Crippen LogP contribution in [0.25, 0.3) is 0 Å². The first-order chi connectivity index (χ1) is 10.9. The fourth-order valence-corrected chi connectivity index (χ4v) is 1.75. The fraction of sp³-hybridized carbons (Fsp3) is 0.421. The highest BCUT2D eigenvalue weighted by molar-refractivity contribution is 5.90. The first kappa shape index (κ1) is 20.8. The molecule has 0 saturated carbocycles. The van der Waals surface area contributed by atoms with Crippen molar-refractivity contribution in [2.24, 2.45) is 0 Å². The van der Waals surface area contributed by atoms with Gasteiger partial charge in [0.1, 0.15) is 23.7 Å². The van der Waals surface area contributed by atoms with Gasteiger partial charge >= 0.3 is 5.97 Å². The Balaban J connectivity index is 0.00000232. The van der Waals surface area contributed by atoms with Crippen LogP contribution in [0.15, 0.2) is 41.5 Å². The highest BCUT2D eigenvalue weighted by atomic mass is 16.5. The Morgan fingerprint density at radius 3 is 2.35 bits per heavy atom. The van der Waals surface area contributed by atoms with Crippen LogP contribution in [-0.2, 0) is 0 Å². The number of phenols is 1. The molecular formula is C19H28O4. The maximum atomic E-state index is 10.8.